The standard InChI is InChI=1S/C14H10Br2Cl2O/c1-19-13-5-2-8(6-12(13)16)14(18)10-7-9(17)3-4-11(10)15/h2-7,14H,1H3. The molecule has 0 heterocycles. The molecule has 1 nitrogen and oxygen atoms in total. The van der Waals surface area contributed by atoms with Gasteiger partial charge in [0.05, 0.1) is 17.0 Å². The lowest BCUT2D eigenvalue weighted by atomic mass is 10.0. The van der Waals surface area contributed by atoms with Crippen molar-refractivity contribution in [1.29, 1.82) is 0 Å². The van der Waals surface area contributed by atoms with Crippen LogP contribution in [0, 0.1) is 0 Å². The van der Waals surface area contributed by atoms with Crippen molar-refractivity contribution in [1.82, 2.24) is 0 Å². The summed E-state index contributed by atoms with van der Waals surface area (Å²) in [6.07, 6.45) is 0. The van der Waals surface area contributed by atoms with Crippen LogP contribution in [0.5, 0.6) is 5.75 Å². The van der Waals surface area contributed by atoms with E-state index >= 15 is 0 Å². The maximum atomic E-state index is 6.53. The van der Waals surface area contributed by atoms with Gasteiger partial charge in [0.1, 0.15) is 5.75 Å². The number of halogens is 4. The SMILES string of the molecule is COc1ccc(C(Cl)c2cc(Cl)ccc2Br)cc1Br. The zero-order valence-corrected chi connectivity index (χ0v) is 14.6. The first-order valence-corrected chi connectivity index (χ1v) is 7.85. The molecule has 0 aliphatic carbocycles. The van der Waals surface area contributed by atoms with E-state index in [1.54, 1.807) is 7.11 Å². The summed E-state index contributed by atoms with van der Waals surface area (Å²) in [5.74, 6) is 0.776. The molecule has 0 amide bonds. The summed E-state index contributed by atoms with van der Waals surface area (Å²) in [5, 5.41) is 0.381. The fourth-order valence-corrected chi connectivity index (χ4v) is 3.39. The van der Waals surface area contributed by atoms with Gasteiger partial charge in [0.2, 0.25) is 0 Å². The molecule has 0 aliphatic rings. The first-order valence-electron chi connectivity index (χ1n) is 5.45. The number of hydrogen-bond donors (Lipinski definition) is 0. The van der Waals surface area contributed by atoms with Crippen LogP contribution in [-0.4, -0.2) is 7.11 Å². The maximum Gasteiger partial charge on any atom is 0.133 e. The highest BCUT2D eigenvalue weighted by Crippen LogP contribution is 2.37. The average Bonchev–Trinajstić information content (AvgIpc) is 2.40. The number of benzene rings is 2. The van der Waals surface area contributed by atoms with Crippen LogP contribution >= 0.6 is 55.1 Å². The third kappa shape index (κ3) is 3.46. The average molecular weight is 425 g/mol. The molecule has 1 unspecified atom stereocenters. The van der Waals surface area contributed by atoms with Crippen molar-refractivity contribution in [3.8, 4) is 5.75 Å². The Hall–Kier alpha value is -0.220. The Labute approximate surface area is 139 Å². The summed E-state index contributed by atoms with van der Waals surface area (Å²) in [6, 6.07) is 11.3. The van der Waals surface area contributed by atoms with Gasteiger partial charge in [-0.3, -0.25) is 0 Å². The monoisotopic (exact) mass is 422 g/mol. The van der Waals surface area contributed by atoms with Gasteiger partial charge in [-0.25, -0.2) is 0 Å². The Balaban J connectivity index is 2.41. The lowest BCUT2D eigenvalue weighted by Crippen LogP contribution is -1.96. The minimum absolute atomic E-state index is 0.282. The van der Waals surface area contributed by atoms with Crippen molar-refractivity contribution >= 4 is 55.1 Å². The third-order valence-corrected chi connectivity index (χ3v) is 4.76. The largest absolute Gasteiger partial charge is 0.496 e. The van der Waals surface area contributed by atoms with Crippen molar-refractivity contribution in [2.45, 2.75) is 5.38 Å². The summed E-state index contributed by atoms with van der Waals surface area (Å²) in [4.78, 5) is 0. The van der Waals surface area contributed by atoms with E-state index in [2.05, 4.69) is 31.9 Å². The highest BCUT2D eigenvalue weighted by molar-refractivity contribution is 9.10. The van der Waals surface area contributed by atoms with Crippen LogP contribution in [0.25, 0.3) is 0 Å². The van der Waals surface area contributed by atoms with E-state index in [0.29, 0.717) is 5.02 Å². The van der Waals surface area contributed by atoms with Crippen molar-refractivity contribution in [3.05, 3.63) is 61.5 Å². The minimum atomic E-state index is -0.282. The van der Waals surface area contributed by atoms with E-state index < -0.39 is 0 Å². The van der Waals surface area contributed by atoms with Gasteiger partial charge in [-0.2, -0.15) is 0 Å². The molecule has 0 fully saturated rings. The van der Waals surface area contributed by atoms with E-state index in [9.17, 15) is 0 Å². The topological polar surface area (TPSA) is 9.23 Å². The minimum Gasteiger partial charge on any atom is -0.496 e. The molecule has 0 radical (unpaired) electrons. The van der Waals surface area contributed by atoms with E-state index in [-0.39, 0.29) is 5.38 Å². The smallest absolute Gasteiger partial charge is 0.133 e. The van der Waals surface area contributed by atoms with E-state index in [0.717, 1.165) is 25.8 Å². The van der Waals surface area contributed by atoms with Gasteiger partial charge < -0.3 is 4.74 Å². The summed E-state index contributed by atoms with van der Waals surface area (Å²) in [5.41, 5.74) is 1.91. The first kappa shape index (κ1) is 15.2. The lowest BCUT2D eigenvalue weighted by Gasteiger charge is -2.14. The molecule has 2 rings (SSSR count). The Morgan fingerprint density at radius 2 is 1.79 bits per heavy atom. The summed E-state index contributed by atoms with van der Waals surface area (Å²) in [7, 11) is 1.63. The molecule has 0 bridgehead atoms. The Morgan fingerprint density at radius 1 is 1.05 bits per heavy atom. The van der Waals surface area contributed by atoms with Crippen LogP contribution in [-0.2, 0) is 0 Å². The van der Waals surface area contributed by atoms with Gasteiger partial charge in [0, 0.05) is 9.50 Å². The van der Waals surface area contributed by atoms with Crippen LogP contribution in [0.15, 0.2) is 45.3 Å². The van der Waals surface area contributed by atoms with Gasteiger partial charge in [-0.05, 0) is 57.4 Å². The van der Waals surface area contributed by atoms with Crippen LogP contribution in [0.3, 0.4) is 0 Å². The van der Waals surface area contributed by atoms with Crippen molar-refractivity contribution in [2.24, 2.45) is 0 Å². The van der Waals surface area contributed by atoms with E-state index in [1.807, 2.05) is 36.4 Å². The van der Waals surface area contributed by atoms with E-state index in [4.69, 9.17) is 27.9 Å². The second kappa shape index (κ2) is 6.49. The molecule has 0 spiro atoms. The highest BCUT2D eigenvalue weighted by atomic mass is 79.9. The van der Waals surface area contributed by atoms with Crippen LogP contribution in [0.2, 0.25) is 5.02 Å². The quantitative estimate of drug-likeness (QED) is 0.533. The molecule has 0 saturated carbocycles. The summed E-state index contributed by atoms with van der Waals surface area (Å²) < 4.78 is 7.01. The Morgan fingerprint density at radius 3 is 2.42 bits per heavy atom. The van der Waals surface area contributed by atoms with E-state index in [1.165, 1.54) is 0 Å². The number of methoxy groups -OCH3 is 1. The molecule has 0 N–H and O–H groups in total. The molecule has 0 aliphatic heterocycles. The molecule has 0 saturated heterocycles. The van der Waals surface area contributed by atoms with Crippen LogP contribution in [0.4, 0.5) is 0 Å². The predicted octanol–water partition coefficient (Wildman–Crippen LogP) is 6.20. The van der Waals surface area contributed by atoms with Crippen LogP contribution < -0.4 is 4.74 Å². The van der Waals surface area contributed by atoms with Gasteiger partial charge in [0.25, 0.3) is 0 Å². The lowest BCUT2D eigenvalue weighted by molar-refractivity contribution is 0.412. The van der Waals surface area contributed by atoms with Gasteiger partial charge in [-0.1, -0.05) is 33.6 Å². The number of ether oxygens (including phenoxy) is 1. The Bertz CT molecular complexity index is 602. The number of alkyl halides is 1. The third-order valence-electron chi connectivity index (χ3n) is 2.70. The molecular weight excluding hydrogens is 415 g/mol. The zero-order chi connectivity index (χ0) is 14.0. The highest BCUT2D eigenvalue weighted by Gasteiger charge is 2.16. The second-order valence-electron chi connectivity index (χ2n) is 3.92. The number of rotatable bonds is 3. The first-order chi connectivity index (χ1) is 9.02. The molecule has 5 heteroatoms. The number of hydrogen-bond acceptors (Lipinski definition) is 1. The fourth-order valence-electron chi connectivity index (χ4n) is 1.73. The maximum absolute atomic E-state index is 6.53. The fraction of sp³-hybridized carbons (Fsp3) is 0.143. The molecule has 0 aromatic heterocycles. The summed E-state index contributed by atoms with van der Waals surface area (Å²) in [6.45, 7) is 0. The van der Waals surface area contributed by atoms with Crippen LogP contribution in [0.1, 0.15) is 16.5 Å². The predicted molar refractivity (Wildman–Crippen MR) is 87.5 cm³/mol. The normalized spacial score (nSPS) is 12.3. The van der Waals surface area contributed by atoms with Crippen molar-refractivity contribution < 1.29 is 4.74 Å². The second-order valence-corrected chi connectivity index (χ2v) is 6.50. The molecule has 1 atom stereocenters. The summed E-state index contributed by atoms with van der Waals surface area (Å²) >= 11 is 19.5. The zero-order valence-electron chi connectivity index (χ0n) is 9.96. The van der Waals surface area contributed by atoms with Crippen molar-refractivity contribution in [3.63, 3.8) is 0 Å². The van der Waals surface area contributed by atoms with Gasteiger partial charge in [-0.15, -0.1) is 11.6 Å². The van der Waals surface area contributed by atoms with Gasteiger partial charge in [0.15, 0.2) is 0 Å². The molecule has 2 aromatic rings. The molecule has 2 aromatic carbocycles. The Kier molecular flexibility index (Phi) is 5.18. The molecule has 100 valence electrons. The molecular formula is C14H10Br2Cl2O. The van der Waals surface area contributed by atoms with Crippen molar-refractivity contribution in [2.75, 3.05) is 7.11 Å². The van der Waals surface area contributed by atoms with Gasteiger partial charge >= 0.3 is 0 Å². The molecule has 19 heavy (non-hydrogen) atoms.